The van der Waals surface area contributed by atoms with Crippen LogP contribution in [0, 0.1) is 29.1 Å². The van der Waals surface area contributed by atoms with Crippen LogP contribution in [-0.4, -0.2) is 43.6 Å². The number of rotatable bonds is 4. The van der Waals surface area contributed by atoms with Gasteiger partial charge in [0.25, 0.3) is 5.91 Å². The fourth-order valence-electron chi connectivity index (χ4n) is 2.82. The number of amides is 1. The molecule has 1 amide bonds. The molecule has 28 heavy (non-hydrogen) atoms. The summed E-state index contributed by atoms with van der Waals surface area (Å²) in [6.45, 7) is -0.279. The number of ether oxygens (including phenoxy) is 1. The Morgan fingerprint density at radius 2 is 1.36 bits per heavy atom. The molecule has 2 aromatic rings. The van der Waals surface area contributed by atoms with Crippen molar-refractivity contribution < 1.29 is 31.5 Å². The average Bonchev–Trinajstić information content (AvgIpc) is 2.71. The average molecular weight is 465 g/mol. The van der Waals surface area contributed by atoms with Crippen LogP contribution in [0.2, 0.25) is 0 Å². The second-order valence-corrected chi connectivity index (χ2v) is 6.94. The zero-order valence-corrected chi connectivity index (χ0v) is 15.9. The molecule has 3 rings (SSSR count). The third-order valence-electron chi connectivity index (χ3n) is 4.31. The largest absolute Gasteiger partial charge is 0.484 e. The normalized spacial score (nSPS) is 14.4. The van der Waals surface area contributed by atoms with E-state index in [4.69, 9.17) is 4.74 Å². The quantitative estimate of drug-likeness (QED) is 0.391. The lowest BCUT2D eigenvalue weighted by Crippen LogP contribution is -2.50. The van der Waals surface area contributed by atoms with Crippen LogP contribution in [0.1, 0.15) is 0 Å². The van der Waals surface area contributed by atoms with Gasteiger partial charge >= 0.3 is 0 Å². The maximum atomic E-state index is 13.9. The Labute approximate surface area is 165 Å². The Morgan fingerprint density at radius 1 is 0.857 bits per heavy atom. The first-order valence-electron chi connectivity index (χ1n) is 8.22. The van der Waals surface area contributed by atoms with Crippen LogP contribution in [-0.2, 0) is 4.79 Å². The highest BCUT2D eigenvalue weighted by Gasteiger charge is 2.31. The zero-order valence-electron chi connectivity index (χ0n) is 14.3. The number of carbonyl (C=O) groups is 1. The second kappa shape index (κ2) is 8.34. The van der Waals surface area contributed by atoms with Crippen molar-refractivity contribution >= 4 is 27.5 Å². The van der Waals surface area contributed by atoms with Crippen LogP contribution >= 0.6 is 15.9 Å². The minimum atomic E-state index is -2.20. The lowest BCUT2D eigenvalue weighted by Gasteiger charge is -2.36. The molecule has 4 nitrogen and oxygen atoms in total. The summed E-state index contributed by atoms with van der Waals surface area (Å²) in [6.07, 6.45) is 0. The summed E-state index contributed by atoms with van der Waals surface area (Å²) >= 11 is 3.28. The topological polar surface area (TPSA) is 32.8 Å². The molecule has 0 bridgehead atoms. The molecule has 0 saturated carbocycles. The molecule has 150 valence electrons. The van der Waals surface area contributed by atoms with E-state index in [0.29, 0.717) is 5.75 Å². The fourth-order valence-corrected chi connectivity index (χ4v) is 3.08. The number of hydrogen-bond donors (Lipinski definition) is 0. The molecule has 0 aliphatic carbocycles. The van der Waals surface area contributed by atoms with E-state index in [1.807, 2.05) is 0 Å². The SMILES string of the molecule is O=C(COc1ccc(Br)cc1)N1CCN(c2c(F)c(F)c(F)c(F)c2F)CC1. The van der Waals surface area contributed by atoms with Crippen LogP contribution in [0.15, 0.2) is 28.7 Å². The molecule has 1 fully saturated rings. The van der Waals surface area contributed by atoms with Crippen molar-refractivity contribution in [3.05, 3.63) is 57.8 Å². The van der Waals surface area contributed by atoms with E-state index in [9.17, 15) is 26.7 Å². The smallest absolute Gasteiger partial charge is 0.260 e. The van der Waals surface area contributed by atoms with Gasteiger partial charge in [-0.15, -0.1) is 0 Å². The van der Waals surface area contributed by atoms with Gasteiger partial charge in [0, 0.05) is 30.7 Å². The van der Waals surface area contributed by atoms with Gasteiger partial charge < -0.3 is 14.5 Å². The molecule has 0 radical (unpaired) electrons. The highest BCUT2D eigenvalue weighted by atomic mass is 79.9. The zero-order chi connectivity index (χ0) is 20.4. The summed E-state index contributed by atoms with van der Waals surface area (Å²) in [7, 11) is 0. The Balaban J connectivity index is 1.62. The van der Waals surface area contributed by atoms with Crippen LogP contribution in [0.25, 0.3) is 0 Å². The molecule has 1 aliphatic heterocycles. The van der Waals surface area contributed by atoms with Gasteiger partial charge in [0.15, 0.2) is 29.9 Å². The van der Waals surface area contributed by atoms with Gasteiger partial charge in [-0.2, -0.15) is 0 Å². The molecular formula is C18H14BrF5N2O2. The molecule has 2 aromatic carbocycles. The number of hydrogen-bond acceptors (Lipinski definition) is 3. The Morgan fingerprint density at radius 3 is 1.89 bits per heavy atom. The van der Waals surface area contributed by atoms with E-state index in [-0.39, 0.29) is 38.7 Å². The standard InChI is InChI=1S/C18H14BrF5N2O2/c19-10-1-3-11(4-2-10)28-9-12(27)25-5-7-26(8-6-25)18-16(23)14(21)13(20)15(22)17(18)24/h1-4H,5-9H2. The van der Waals surface area contributed by atoms with Crippen LogP contribution in [0.3, 0.4) is 0 Å². The van der Waals surface area contributed by atoms with Gasteiger partial charge in [-0.05, 0) is 24.3 Å². The monoisotopic (exact) mass is 464 g/mol. The Kier molecular flexibility index (Phi) is 6.07. The van der Waals surface area contributed by atoms with Crippen LogP contribution in [0.5, 0.6) is 5.75 Å². The summed E-state index contributed by atoms with van der Waals surface area (Å²) in [5, 5.41) is 0. The fraction of sp³-hybridized carbons (Fsp3) is 0.278. The second-order valence-electron chi connectivity index (χ2n) is 6.03. The molecule has 0 spiro atoms. The number of nitrogens with zero attached hydrogens (tertiary/aromatic N) is 2. The molecule has 0 unspecified atom stereocenters. The van der Waals surface area contributed by atoms with E-state index < -0.39 is 34.8 Å². The first-order chi connectivity index (χ1) is 13.3. The van der Waals surface area contributed by atoms with Gasteiger partial charge in [-0.3, -0.25) is 4.79 Å². The highest BCUT2D eigenvalue weighted by Crippen LogP contribution is 2.30. The first kappa shape index (κ1) is 20.4. The van der Waals surface area contributed by atoms with Gasteiger partial charge in [-0.25, -0.2) is 22.0 Å². The molecule has 0 atom stereocenters. The number of benzene rings is 2. The summed E-state index contributed by atoms with van der Waals surface area (Å²) in [5.41, 5.74) is -0.977. The van der Waals surface area contributed by atoms with E-state index in [1.165, 1.54) is 4.90 Å². The molecule has 1 aliphatic rings. The Hall–Kier alpha value is -2.36. The molecule has 10 heteroatoms. The van der Waals surface area contributed by atoms with Crippen molar-refractivity contribution in [3.63, 3.8) is 0 Å². The maximum Gasteiger partial charge on any atom is 0.260 e. The molecular weight excluding hydrogens is 451 g/mol. The van der Waals surface area contributed by atoms with Crippen LogP contribution < -0.4 is 9.64 Å². The summed E-state index contributed by atoms with van der Waals surface area (Å²) in [5.74, 6) is -9.79. The van der Waals surface area contributed by atoms with Gasteiger partial charge in [0.2, 0.25) is 5.82 Å². The van der Waals surface area contributed by atoms with Gasteiger partial charge in [-0.1, -0.05) is 15.9 Å². The summed E-state index contributed by atoms with van der Waals surface area (Å²) < 4.78 is 74.0. The van der Waals surface area contributed by atoms with E-state index in [1.54, 1.807) is 24.3 Å². The van der Waals surface area contributed by atoms with Crippen LogP contribution in [0.4, 0.5) is 27.6 Å². The first-order valence-corrected chi connectivity index (χ1v) is 9.01. The van der Waals surface area contributed by atoms with Crippen molar-refractivity contribution in [3.8, 4) is 5.75 Å². The number of piperazine rings is 1. The maximum absolute atomic E-state index is 13.9. The highest BCUT2D eigenvalue weighted by molar-refractivity contribution is 9.10. The van der Waals surface area contributed by atoms with Crippen molar-refractivity contribution in [1.29, 1.82) is 0 Å². The van der Waals surface area contributed by atoms with Crippen molar-refractivity contribution in [2.75, 3.05) is 37.7 Å². The Bertz CT molecular complexity index is 858. The molecule has 0 N–H and O–H groups in total. The minimum absolute atomic E-state index is 0.0576. The molecule has 1 heterocycles. The minimum Gasteiger partial charge on any atom is -0.484 e. The summed E-state index contributed by atoms with van der Waals surface area (Å²) in [4.78, 5) is 14.7. The van der Waals surface area contributed by atoms with Crippen molar-refractivity contribution in [1.82, 2.24) is 4.90 Å². The van der Waals surface area contributed by atoms with Crippen molar-refractivity contribution in [2.24, 2.45) is 0 Å². The predicted molar refractivity (Wildman–Crippen MR) is 94.7 cm³/mol. The number of carbonyl (C=O) groups excluding carboxylic acids is 1. The summed E-state index contributed by atoms with van der Waals surface area (Å²) in [6, 6.07) is 6.86. The third-order valence-corrected chi connectivity index (χ3v) is 4.84. The number of halogens is 6. The van der Waals surface area contributed by atoms with E-state index in [2.05, 4.69) is 15.9 Å². The van der Waals surface area contributed by atoms with Gasteiger partial charge in [0.05, 0.1) is 0 Å². The lowest BCUT2D eigenvalue weighted by atomic mass is 10.2. The lowest BCUT2D eigenvalue weighted by molar-refractivity contribution is -0.133. The van der Waals surface area contributed by atoms with Crippen molar-refractivity contribution in [2.45, 2.75) is 0 Å². The molecule has 0 aromatic heterocycles. The molecule has 1 saturated heterocycles. The van der Waals surface area contributed by atoms with E-state index in [0.717, 1.165) is 9.37 Å². The van der Waals surface area contributed by atoms with E-state index >= 15 is 0 Å². The third kappa shape index (κ3) is 4.06. The van der Waals surface area contributed by atoms with Gasteiger partial charge in [0.1, 0.15) is 11.4 Å². The predicted octanol–water partition coefficient (Wildman–Crippen LogP) is 3.87. The number of anilines is 1.